The highest BCUT2D eigenvalue weighted by Crippen LogP contribution is 2.35. The van der Waals surface area contributed by atoms with Crippen LogP contribution in [0, 0.1) is 11.3 Å². The van der Waals surface area contributed by atoms with Crippen molar-refractivity contribution in [3.05, 3.63) is 44.6 Å². The van der Waals surface area contributed by atoms with Gasteiger partial charge in [0.2, 0.25) is 0 Å². The fourth-order valence-corrected chi connectivity index (χ4v) is 3.57. The van der Waals surface area contributed by atoms with Crippen LogP contribution in [0.5, 0.6) is 5.75 Å². The molecule has 1 unspecified atom stereocenters. The topological polar surface area (TPSA) is 45.0 Å². The predicted octanol–water partition coefficient (Wildman–Crippen LogP) is 4.56. The number of hydrogen-bond donors (Lipinski definition) is 1. The lowest BCUT2D eigenvalue weighted by atomic mass is 10.1. The normalized spacial score (nSPS) is 11.7. The van der Waals surface area contributed by atoms with E-state index in [1.165, 1.54) is 4.88 Å². The Labute approximate surface area is 125 Å². The van der Waals surface area contributed by atoms with Gasteiger partial charge in [-0.2, -0.15) is 5.26 Å². The van der Waals surface area contributed by atoms with Gasteiger partial charge in [0.05, 0.1) is 24.4 Å². The molecule has 0 radical (unpaired) electrons. The summed E-state index contributed by atoms with van der Waals surface area (Å²) in [6, 6.07) is 9.74. The molecular formula is C14H13BrN2OS. The van der Waals surface area contributed by atoms with Gasteiger partial charge >= 0.3 is 0 Å². The van der Waals surface area contributed by atoms with E-state index in [9.17, 15) is 5.26 Å². The number of nitriles is 1. The van der Waals surface area contributed by atoms with Gasteiger partial charge in [-0.25, -0.2) is 0 Å². The molecule has 5 heteroatoms. The molecule has 1 aromatic carbocycles. The Kier molecular flexibility index (Phi) is 4.46. The molecule has 0 fully saturated rings. The van der Waals surface area contributed by atoms with Crippen molar-refractivity contribution in [2.45, 2.75) is 13.0 Å². The van der Waals surface area contributed by atoms with E-state index in [1.807, 2.05) is 23.6 Å². The quantitative estimate of drug-likeness (QED) is 0.889. The van der Waals surface area contributed by atoms with Crippen LogP contribution in [0.3, 0.4) is 0 Å². The van der Waals surface area contributed by atoms with Crippen LogP contribution >= 0.6 is 27.3 Å². The van der Waals surface area contributed by atoms with Gasteiger partial charge in [0.1, 0.15) is 11.8 Å². The molecule has 98 valence electrons. The Morgan fingerprint density at radius 2 is 2.21 bits per heavy atom. The number of thiophene rings is 1. The van der Waals surface area contributed by atoms with Crippen LogP contribution in [-0.4, -0.2) is 7.11 Å². The smallest absolute Gasteiger partial charge is 0.143 e. The molecule has 0 amide bonds. The van der Waals surface area contributed by atoms with Gasteiger partial charge in [-0.15, -0.1) is 11.3 Å². The maximum Gasteiger partial charge on any atom is 0.143 e. The number of benzene rings is 1. The molecule has 0 aliphatic carbocycles. The zero-order chi connectivity index (χ0) is 13.8. The van der Waals surface area contributed by atoms with Gasteiger partial charge in [0.15, 0.2) is 0 Å². The second kappa shape index (κ2) is 6.09. The number of para-hydroxylation sites is 1. The van der Waals surface area contributed by atoms with E-state index in [4.69, 9.17) is 4.74 Å². The maximum atomic E-state index is 9.18. The molecule has 0 aliphatic heterocycles. The van der Waals surface area contributed by atoms with Gasteiger partial charge in [-0.3, -0.25) is 0 Å². The number of halogens is 1. The SMILES string of the molecule is COc1cccc(C#N)c1NC(C)c1sccc1Br. The highest BCUT2D eigenvalue weighted by Gasteiger charge is 2.15. The lowest BCUT2D eigenvalue weighted by Crippen LogP contribution is -2.08. The molecule has 0 saturated heterocycles. The first-order valence-corrected chi connectivity index (χ1v) is 7.41. The molecule has 1 aromatic heterocycles. The van der Waals surface area contributed by atoms with Crippen LogP contribution in [-0.2, 0) is 0 Å². The molecule has 19 heavy (non-hydrogen) atoms. The summed E-state index contributed by atoms with van der Waals surface area (Å²) in [4.78, 5) is 1.19. The summed E-state index contributed by atoms with van der Waals surface area (Å²) in [5, 5.41) is 14.6. The van der Waals surface area contributed by atoms with Crippen LogP contribution < -0.4 is 10.1 Å². The highest BCUT2D eigenvalue weighted by molar-refractivity contribution is 9.10. The molecule has 0 bridgehead atoms. The van der Waals surface area contributed by atoms with Crippen molar-refractivity contribution >= 4 is 33.0 Å². The fraction of sp³-hybridized carbons (Fsp3) is 0.214. The van der Waals surface area contributed by atoms with Gasteiger partial charge < -0.3 is 10.1 Å². The first-order valence-electron chi connectivity index (χ1n) is 5.74. The van der Waals surface area contributed by atoms with Gasteiger partial charge in [0, 0.05) is 9.35 Å². The molecule has 1 atom stereocenters. The van der Waals surface area contributed by atoms with E-state index in [2.05, 4.69) is 34.2 Å². The summed E-state index contributed by atoms with van der Waals surface area (Å²) in [6.45, 7) is 2.06. The molecule has 0 spiro atoms. The van der Waals surface area contributed by atoms with Crippen molar-refractivity contribution in [1.29, 1.82) is 5.26 Å². The van der Waals surface area contributed by atoms with Crippen molar-refractivity contribution in [3.63, 3.8) is 0 Å². The van der Waals surface area contributed by atoms with Crippen LogP contribution in [0.15, 0.2) is 34.1 Å². The van der Waals surface area contributed by atoms with E-state index in [0.717, 1.165) is 10.2 Å². The largest absolute Gasteiger partial charge is 0.495 e. The molecule has 1 N–H and O–H groups in total. The standard InChI is InChI=1S/C14H13BrN2OS/c1-9(14-11(15)6-7-19-14)17-13-10(8-16)4-3-5-12(13)18-2/h3-7,9,17H,1-2H3. The zero-order valence-electron chi connectivity index (χ0n) is 10.6. The molecule has 0 aliphatic rings. The Bertz CT molecular complexity index is 618. The van der Waals surface area contributed by atoms with Crippen molar-refractivity contribution in [3.8, 4) is 11.8 Å². The van der Waals surface area contributed by atoms with Crippen molar-refractivity contribution in [2.24, 2.45) is 0 Å². The molecule has 1 heterocycles. The minimum atomic E-state index is 0.0952. The van der Waals surface area contributed by atoms with E-state index >= 15 is 0 Å². The van der Waals surface area contributed by atoms with Crippen molar-refractivity contribution < 1.29 is 4.74 Å². The van der Waals surface area contributed by atoms with Gasteiger partial charge in [-0.1, -0.05) is 6.07 Å². The molecule has 2 rings (SSSR count). The number of nitrogens with zero attached hydrogens (tertiary/aromatic N) is 1. The van der Waals surface area contributed by atoms with Crippen molar-refractivity contribution in [1.82, 2.24) is 0 Å². The lowest BCUT2D eigenvalue weighted by Gasteiger charge is -2.18. The maximum absolute atomic E-state index is 9.18. The third-order valence-corrected chi connectivity index (χ3v) is 4.82. The second-order valence-electron chi connectivity index (χ2n) is 3.99. The summed E-state index contributed by atoms with van der Waals surface area (Å²) < 4.78 is 6.39. The van der Waals surface area contributed by atoms with Crippen LogP contribution in [0.25, 0.3) is 0 Å². The number of methoxy groups -OCH3 is 1. The minimum absolute atomic E-state index is 0.0952. The third-order valence-electron chi connectivity index (χ3n) is 2.77. The monoisotopic (exact) mass is 336 g/mol. The van der Waals surface area contributed by atoms with Crippen LogP contribution in [0.2, 0.25) is 0 Å². The average molecular weight is 337 g/mol. The molecular weight excluding hydrogens is 324 g/mol. The number of ether oxygens (including phenoxy) is 1. The first-order chi connectivity index (χ1) is 9.17. The predicted molar refractivity (Wildman–Crippen MR) is 81.8 cm³/mol. The average Bonchev–Trinajstić information content (AvgIpc) is 2.85. The summed E-state index contributed by atoms with van der Waals surface area (Å²) in [5.74, 6) is 0.679. The van der Waals surface area contributed by atoms with Crippen LogP contribution in [0.1, 0.15) is 23.4 Å². The Morgan fingerprint density at radius 3 is 2.79 bits per heavy atom. The Morgan fingerprint density at radius 1 is 1.42 bits per heavy atom. The molecule has 3 nitrogen and oxygen atoms in total. The van der Waals surface area contributed by atoms with Gasteiger partial charge in [-0.05, 0) is 46.4 Å². The Balaban J connectivity index is 2.33. The van der Waals surface area contributed by atoms with Gasteiger partial charge in [0.25, 0.3) is 0 Å². The third kappa shape index (κ3) is 2.91. The lowest BCUT2D eigenvalue weighted by molar-refractivity contribution is 0.416. The Hall–Kier alpha value is -1.51. The zero-order valence-corrected chi connectivity index (χ0v) is 13.0. The number of rotatable bonds is 4. The fourth-order valence-electron chi connectivity index (χ4n) is 1.84. The van der Waals surface area contributed by atoms with Crippen LogP contribution in [0.4, 0.5) is 5.69 Å². The second-order valence-corrected chi connectivity index (χ2v) is 5.80. The highest BCUT2D eigenvalue weighted by atomic mass is 79.9. The van der Waals surface area contributed by atoms with E-state index in [0.29, 0.717) is 11.3 Å². The van der Waals surface area contributed by atoms with E-state index < -0.39 is 0 Å². The summed E-state index contributed by atoms with van der Waals surface area (Å²) in [6.07, 6.45) is 0. The van der Waals surface area contributed by atoms with Crippen molar-refractivity contribution in [2.75, 3.05) is 12.4 Å². The number of anilines is 1. The molecule has 2 aromatic rings. The summed E-state index contributed by atoms with van der Waals surface area (Å²) in [5.41, 5.74) is 1.32. The van der Waals surface area contributed by atoms with E-state index in [1.54, 1.807) is 24.5 Å². The molecule has 0 saturated carbocycles. The number of nitrogens with one attached hydrogen (secondary N) is 1. The van der Waals surface area contributed by atoms with E-state index in [-0.39, 0.29) is 6.04 Å². The summed E-state index contributed by atoms with van der Waals surface area (Å²) in [7, 11) is 1.60. The first kappa shape index (κ1) is 13.9. The summed E-state index contributed by atoms with van der Waals surface area (Å²) >= 11 is 5.20. The minimum Gasteiger partial charge on any atom is -0.495 e. The number of hydrogen-bond acceptors (Lipinski definition) is 4.